The highest BCUT2D eigenvalue weighted by Crippen LogP contribution is 2.10. The molecular formula is C19H26IN3O2. The zero-order valence-electron chi connectivity index (χ0n) is 14.3. The number of ether oxygens (including phenoxy) is 1. The first-order valence-corrected chi connectivity index (χ1v) is 8.60. The lowest BCUT2D eigenvalue weighted by atomic mass is 10.2. The summed E-state index contributed by atoms with van der Waals surface area (Å²) in [4.78, 5) is 4.68. The Hall–Kier alpha value is -1.54. The monoisotopic (exact) mass is 455 g/mol. The van der Waals surface area contributed by atoms with Crippen molar-refractivity contribution in [3.8, 4) is 0 Å². The quantitative estimate of drug-likeness (QED) is 0.382. The van der Waals surface area contributed by atoms with Gasteiger partial charge < -0.3 is 19.8 Å². The zero-order valence-corrected chi connectivity index (χ0v) is 16.6. The Morgan fingerprint density at radius 2 is 2.00 bits per heavy atom. The Morgan fingerprint density at radius 3 is 2.72 bits per heavy atom. The highest BCUT2D eigenvalue weighted by atomic mass is 127. The van der Waals surface area contributed by atoms with Gasteiger partial charge in [-0.25, -0.2) is 4.99 Å². The molecule has 6 heteroatoms. The first kappa shape index (κ1) is 19.8. The molecule has 1 aliphatic heterocycles. The molecule has 5 nitrogen and oxygen atoms in total. The van der Waals surface area contributed by atoms with Gasteiger partial charge in [-0.3, -0.25) is 0 Å². The van der Waals surface area contributed by atoms with Crippen molar-refractivity contribution in [3.63, 3.8) is 0 Å². The number of furan rings is 1. The van der Waals surface area contributed by atoms with E-state index in [1.54, 1.807) is 6.26 Å². The van der Waals surface area contributed by atoms with E-state index < -0.39 is 0 Å². The van der Waals surface area contributed by atoms with Crippen molar-refractivity contribution in [1.29, 1.82) is 0 Å². The third-order valence-corrected chi connectivity index (χ3v) is 4.03. The van der Waals surface area contributed by atoms with Gasteiger partial charge in [0.2, 0.25) is 0 Å². The van der Waals surface area contributed by atoms with Gasteiger partial charge in [0.05, 0.1) is 18.9 Å². The number of nitrogens with one attached hydrogen (secondary N) is 2. The molecule has 3 rings (SSSR count). The fraction of sp³-hybridized carbons (Fsp3) is 0.421. The SMILES string of the molecule is I.c1ccc(CN=C(NCCc2ccco2)NCC2CCCO2)cc1. The van der Waals surface area contributed by atoms with Crippen molar-refractivity contribution in [1.82, 2.24) is 10.6 Å². The van der Waals surface area contributed by atoms with E-state index >= 15 is 0 Å². The molecule has 1 aromatic carbocycles. The van der Waals surface area contributed by atoms with Gasteiger partial charge in [-0.2, -0.15) is 0 Å². The van der Waals surface area contributed by atoms with E-state index in [1.807, 2.05) is 30.3 Å². The largest absolute Gasteiger partial charge is 0.469 e. The summed E-state index contributed by atoms with van der Waals surface area (Å²) in [6.45, 7) is 3.10. The summed E-state index contributed by atoms with van der Waals surface area (Å²) >= 11 is 0. The Bertz CT molecular complexity index is 611. The first-order chi connectivity index (χ1) is 11.9. The molecule has 0 radical (unpaired) electrons. The minimum Gasteiger partial charge on any atom is -0.469 e. The van der Waals surface area contributed by atoms with Crippen LogP contribution in [0.25, 0.3) is 0 Å². The number of rotatable bonds is 7. The van der Waals surface area contributed by atoms with Crippen molar-refractivity contribution in [2.75, 3.05) is 19.7 Å². The molecule has 25 heavy (non-hydrogen) atoms. The topological polar surface area (TPSA) is 58.8 Å². The van der Waals surface area contributed by atoms with E-state index in [2.05, 4.69) is 27.8 Å². The zero-order chi connectivity index (χ0) is 16.5. The highest BCUT2D eigenvalue weighted by Gasteiger charge is 2.15. The summed E-state index contributed by atoms with van der Waals surface area (Å²) in [7, 11) is 0. The molecule has 0 amide bonds. The Labute approximate surface area is 166 Å². The first-order valence-electron chi connectivity index (χ1n) is 8.60. The Balaban J connectivity index is 0.00000225. The molecule has 2 N–H and O–H groups in total. The van der Waals surface area contributed by atoms with Gasteiger partial charge in [0.25, 0.3) is 0 Å². The average Bonchev–Trinajstić information content (AvgIpc) is 3.31. The van der Waals surface area contributed by atoms with E-state index in [4.69, 9.17) is 9.15 Å². The number of nitrogens with zero attached hydrogens (tertiary/aromatic N) is 1. The maximum Gasteiger partial charge on any atom is 0.191 e. The van der Waals surface area contributed by atoms with Crippen LogP contribution in [0.5, 0.6) is 0 Å². The van der Waals surface area contributed by atoms with E-state index in [1.165, 1.54) is 5.56 Å². The Morgan fingerprint density at radius 1 is 1.12 bits per heavy atom. The predicted octanol–water partition coefficient (Wildman–Crippen LogP) is 3.35. The molecule has 0 aliphatic carbocycles. The number of guanidine groups is 1. The van der Waals surface area contributed by atoms with Crippen molar-refractivity contribution in [2.24, 2.45) is 4.99 Å². The lowest BCUT2D eigenvalue weighted by molar-refractivity contribution is 0.114. The summed E-state index contributed by atoms with van der Waals surface area (Å²) in [6, 6.07) is 14.2. The molecule has 2 aromatic rings. The van der Waals surface area contributed by atoms with Crippen molar-refractivity contribution < 1.29 is 9.15 Å². The second kappa shape index (κ2) is 11.1. The average molecular weight is 455 g/mol. The van der Waals surface area contributed by atoms with Crippen LogP contribution in [0.2, 0.25) is 0 Å². The van der Waals surface area contributed by atoms with Gasteiger partial charge in [0.1, 0.15) is 5.76 Å². The maximum atomic E-state index is 5.67. The second-order valence-corrected chi connectivity index (χ2v) is 5.92. The van der Waals surface area contributed by atoms with Crippen molar-refractivity contribution in [2.45, 2.75) is 31.9 Å². The summed E-state index contributed by atoms with van der Waals surface area (Å²) in [5, 5.41) is 6.77. The van der Waals surface area contributed by atoms with Crippen LogP contribution in [-0.4, -0.2) is 31.8 Å². The number of halogens is 1. The summed E-state index contributed by atoms with van der Waals surface area (Å²) in [5.74, 6) is 1.80. The molecule has 1 saturated heterocycles. The summed E-state index contributed by atoms with van der Waals surface area (Å²) in [6.07, 6.45) is 5.09. The molecule has 1 aliphatic rings. The van der Waals surface area contributed by atoms with Gasteiger partial charge in [0.15, 0.2) is 5.96 Å². The molecule has 136 valence electrons. The van der Waals surface area contributed by atoms with Gasteiger partial charge in [-0.05, 0) is 30.5 Å². The third kappa shape index (κ3) is 7.07. The van der Waals surface area contributed by atoms with Gasteiger partial charge in [-0.1, -0.05) is 30.3 Å². The van der Waals surface area contributed by atoms with Gasteiger partial charge in [-0.15, -0.1) is 24.0 Å². The van der Waals surface area contributed by atoms with Gasteiger partial charge >= 0.3 is 0 Å². The normalized spacial score (nSPS) is 17.1. The lowest BCUT2D eigenvalue weighted by Gasteiger charge is -2.15. The second-order valence-electron chi connectivity index (χ2n) is 5.92. The fourth-order valence-corrected chi connectivity index (χ4v) is 2.70. The van der Waals surface area contributed by atoms with Crippen LogP contribution < -0.4 is 10.6 Å². The van der Waals surface area contributed by atoms with E-state index in [-0.39, 0.29) is 24.0 Å². The van der Waals surface area contributed by atoms with Crippen LogP contribution >= 0.6 is 24.0 Å². The predicted molar refractivity (Wildman–Crippen MR) is 110 cm³/mol. The maximum absolute atomic E-state index is 5.67. The number of aliphatic imine (C=N–C) groups is 1. The minimum atomic E-state index is 0. The van der Waals surface area contributed by atoms with Crippen molar-refractivity contribution in [3.05, 3.63) is 60.1 Å². The van der Waals surface area contributed by atoms with Crippen LogP contribution in [0.3, 0.4) is 0 Å². The van der Waals surface area contributed by atoms with Crippen LogP contribution in [0, 0.1) is 0 Å². The lowest BCUT2D eigenvalue weighted by Crippen LogP contribution is -2.41. The molecule has 1 fully saturated rings. The van der Waals surface area contributed by atoms with E-state index in [0.29, 0.717) is 12.6 Å². The molecule has 1 unspecified atom stereocenters. The van der Waals surface area contributed by atoms with Crippen LogP contribution in [0.15, 0.2) is 58.1 Å². The summed E-state index contributed by atoms with van der Waals surface area (Å²) < 4.78 is 11.0. The number of benzene rings is 1. The van der Waals surface area contributed by atoms with Gasteiger partial charge in [0, 0.05) is 26.1 Å². The highest BCUT2D eigenvalue weighted by molar-refractivity contribution is 14.0. The fourth-order valence-electron chi connectivity index (χ4n) is 2.70. The van der Waals surface area contributed by atoms with Crippen LogP contribution in [-0.2, 0) is 17.7 Å². The van der Waals surface area contributed by atoms with E-state index in [9.17, 15) is 0 Å². The molecule has 0 spiro atoms. The molecule has 2 heterocycles. The van der Waals surface area contributed by atoms with Crippen LogP contribution in [0.4, 0.5) is 0 Å². The molecular weight excluding hydrogens is 429 g/mol. The third-order valence-electron chi connectivity index (χ3n) is 4.03. The molecule has 1 atom stereocenters. The number of hydrogen-bond acceptors (Lipinski definition) is 3. The van der Waals surface area contributed by atoms with E-state index in [0.717, 1.165) is 50.7 Å². The molecule has 0 saturated carbocycles. The molecule has 0 bridgehead atoms. The number of hydrogen-bond donors (Lipinski definition) is 2. The minimum absolute atomic E-state index is 0. The smallest absolute Gasteiger partial charge is 0.191 e. The Kier molecular flexibility index (Phi) is 8.82. The summed E-state index contributed by atoms with van der Waals surface area (Å²) in [5.41, 5.74) is 1.20. The standard InChI is InChI=1S/C19H25N3O2.HI/c1-2-6-16(7-3-1)14-21-19(22-15-18-9-5-13-24-18)20-11-10-17-8-4-12-23-17;/h1-4,6-8,12,18H,5,9-11,13-15H2,(H2,20,21,22);1H. The molecule has 1 aromatic heterocycles. The van der Waals surface area contributed by atoms with Crippen molar-refractivity contribution >= 4 is 29.9 Å². The van der Waals surface area contributed by atoms with Crippen LogP contribution in [0.1, 0.15) is 24.2 Å².